The van der Waals surface area contributed by atoms with Crippen molar-refractivity contribution in [2.45, 2.75) is 0 Å². The maximum absolute atomic E-state index is 9.11. The Morgan fingerprint density at radius 3 is 1.05 bits per heavy atom. The number of rotatable bonds is 1. The van der Waals surface area contributed by atoms with Gasteiger partial charge in [-0.05, 0) is 47.5 Å². The molecule has 0 unspecified atom stereocenters. The molecule has 3 rings (SSSR count). The maximum Gasteiger partial charge on any atom is 0.119 e. The largest absolute Gasteiger partial charge is 0.508 e. The fourth-order valence-electron chi connectivity index (χ4n) is 1.80. The quantitative estimate of drug-likeness (QED) is 0.549. The van der Waals surface area contributed by atoms with Gasteiger partial charge >= 0.3 is 0 Å². The Bertz CT molecular complexity index is 658. The Morgan fingerprint density at radius 1 is 0.409 bits per heavy atom. The van der Waals surface area contributed by atoms with Crippen LogP contribution in [0.25, 0.3) is 11.1 Å². The number of benzene rings is 3. The molecular formula is C18H16O4. The Hall–Kier alpha value is -3.14. The first-order chi connectivity index (χ1) is 10.5. The molecule has 0 aliphatic carbocycles. The number of phenols is 4. The van der Waals surface area contributed by atoms with E-state index in [1.165, 1.54) is 18.2 Å². The van der Waals surface area contributed by atoms with Gasteiger partial charge in [-0.2, -0.15) is 0 Å². The highest BCUT2D eigenvalue weighted by molar-refractivity contribution is 5.64. The molecule has 0 radical (unpaired) electrons. The summed E-state index contributed by atoms with van der Waals surface area (Å²) >= 11 is 0. The van der Waals surface area contributed by atoms with Gasteiger partial charge in [-0.15, -0.1) is 0 Å². The molecule has 22 heavy (non-hydrogen) atoms. The lowest BCUT2D eigenvalue weighted by Gasteiger charge is -2.01. The SMILES string of the molecule is Oc1ccc(-c2ccc(O)cc2)cc1.Oc1cccc(O)c1. The topological polar surface area (TPSA) is 80.9 Å². The van der Waals surface area contributed by atoms with Crippen molar-refractivity contribution in [3.05, 3.63) is 72.8 Å². The van der Waals surface area contributed by atoms with E-state index in [1.807, 2.05) is 24.3 Å². The summed E-state index contributed by atoms with van der Waals surface area (Å²) in [4.78, 5) is 0. The molecule has 0 bridgehead atoms. The first-order valence-electron chi connectivity index (χ1n) is 6.61. The van der Waals surface area contributed by atoms with E-state index in [-0.39, 0.29) is 23.0 Å². The average molecular weight is 296 g/mol. The summed E-state index contributed by atoms with van der Waals surface area (Å²) in [5.74, 6) is 0.690. The van der Waals surface area contributed by atoms with Crippen LogP contribution in [0.5, 0.6) is 23.0 Å². The Kier molecular flexibility index (Phi) is 4.88. The zero-order valence-corrected chi connectivity index (χ0v) is 11.7. The lowest BCUT2D eigenvalue weighted by Crippen LogP contribution is -1.75. The monoisotopic (exact) mass is 296 g/mol. The minimum atomic E-state index is 0.0880. The third-order valence-corrected chi connectivity index (χ3v) is 2.90. The molecule has 4 nitrogen and oxygen atoms in total. The normalized spacial score (nSPS) is 9.64. The molecule has 0 aromatic heterocycles. The van der Waals surface area contributed by atoms with Crippen molar-refractivity contribution in [2.75, 3.05) is 0 Å². The van der Waals surface area contributed by atoms with Crippen LogP contribution >= 0.6 is 0 Å². The fourth-order valence-corrected chi connectivity index (χ4v) is 1.80. The van der Waals surface area contributed by atoms with Gasteiger partial charge in [0.1, 0.15) is 23.0 Å². The van der Waals surface area contributed by atoms with Crippen LogP contribution in [-0.4, -0.2) is 20.4 Å². The first-order valence-corrected chi connectivity index (χ1v) is 6.61. The van der Waals surface area contributed by atoms with E-state index < -0.39 is 0 Å². The van der Waals surface area contributed by atoms with E-state index in [2.05, 4.69) is 0 Å². The maximum atomic E-state index is 9.11. The minimum Gasteiger partial charge on any atom is -0.508 e. The molecule has 0 aliphatic rings. The van der Waals surface area contributed by atoms with Crippen LogP contribution in [0.4, 0.5) is 0 Å². The molecule has 0 spiro atoms. The van der Waals surface area contributed by atoms with E-state index in [4.69, 9.17) is 20.4 Å². The number of phenolic OH excluding ortho intramolecular Hbond substituents is 4. The predicted molar refractivity (Wildman–Crippen MR) is 85.0 cm³/mol. The van der Waals surface area contributed by atoms with Gasteiger partial charge in [0.2, 0.25) is 0 Å². The van der Waals surface area contributed by atoms with Gasteiger partial charge in [0.15, 0.2) is 0 Å². The van der Waals surface area contributed by atoms with Crippen molar-refractivity contribution in [1.82, 2.24) is 0 Å². The lowest BCUT2D eigenvalue weighted by molar-refractivity contribution is 0.450. The summed E-state index contributed by atoms with van der Waals surface area (Å²) in [6, 6.07) is 19.8. The van der Waals surface area contributed by atoms with Crippen LogP contribution < -0.4 is 0 Å². The molecule has 0 atom stereocenters. The van der Waals surface area contributed by atoms with Crippen LogP contribution in [0.2, 0.25) is 0 Å². The summed E-state index contributed by atoms with van der Waals surface area (Å²) in [6.07, 6.45) is 0. The minimum absolute atomic E-state index is 0.0880. The highest BCUT2D eigenvalue weighted by Gasteiger charge is 1.97. The molecule has 3 aromatic rings. The molecule has 0 aliphatic heterocycles. The summed E-state index contributed by atoms with van der Waals surface area (Å²) in [6.45, 7) is 0. The van der Waals surface area contributed by atoms with Crippen LogP contribution in [0.15, 0.2) is 72.8 Å². The Labute approximate surface area is 128 Å². The van der Waals surface area contributed by atoms with Crippen molar-refractivity contribution in [1.29, 1.82) is 0 Å². The molecule has 4 heteroatoms. The number of aromatic hydroxyl groups is 4. The van der Waals surface area contributed by atoms with Gasteiger partial charge in [0, 0.05) is 6.07 Å². The predicted octanol–water partition coefficient (Wildman–Crippen LogP) is 3.86. The van der Waals surface area contributed by atoms with Crippen molar-refractivity contribution in [3.8, 4) is 34.1 Å². The van der Waals surface area contributed by atoms with Crippen LogP contribution in [0.3, 0.4) is 0 Å². The highest BCUT2D eigenvalue weighted by atomic mass is 16.3. The molecule has 112 valence electrons. The fraction of sp³-hybridized carbons (Fsp3) is 0. The van der Waals surface area contributed by atoms with E-state index >= 15 is 0 Å². The van der Waals surface area contributed by atoms with E-state index in [1.54, 1.807) is 30.3 Å². The van der Waals surface area contributed by atoms with Gasteiger partial charge in [-0.3, -0.25) is 0 Å². The molecule has 4 N–H and O–H groups in total. The molecular weight excluding hydrogens is 280 g/mol. The molecule has 3 aromatic carbocycles. The van der Waals surface area contributed by atoms with Crippen molar-refractivity contribution < 1.29 is 20.4 Å². The third kappa shape index (κ3) is 4.45. The van der Waals surface area contributed by atoms with E-state index in [0.717, 1.165) is 11.1 Å². The first kappa shape index (κ1) is 15.3. The standard InChI is InChI=1S/C12H10O2.C6H6O2/c13-11-5-1-9(2-6-11)10-3-7-12(14)8-4-10;7-5-2-1-3-6(8)4-5/h1-8,13-14H;1-4,7-8H. The zero-order valence-electron chi connectivity index (χ0n) is 11.7. The van der Waals surface area contributed by atoms with Crippen LogP contribution in [-0.2, 0) is 0 Å². The van der Waals surface area contributed by atoms with Crippen molar-refractivity contribution in [3.63, 3.8) is 0 Å². The third-order valence-electron chi connectivity index (χ3n) is 2.90. The summed E-state index contributed by atoms with van der Waals surface area (Å²) < 4.78 is 0. The van der Waals surface area contributed by atoms with E-state index in [9.17, 15) is 0 Å². The second-order valence-corrected chi connectivity index (χ2v) is 4.61. The van der Waals surface area contributed by atoms with Gasteiger partial charge in [-0.1, -0.05) is 30.3 Å². The second-order valence-electron chi connectivity index (χ2n) is 4.61. The molecule has 0 saturated carbocycles. The van der Waals surface area contributed by atoms with Crippen molar-refractivity contribution >= 4 is 0 Å². The van der Waals surface area contributed by atoms with Crippen LogP contribution in [0.1, 0.15) is 0 Å². The molecule has 0 saturated heterocycles. The summed E-state index contributed by atoms with van der Waals surface area (Å²) in [7, 11) is 0. The Balaban J connectivity index is 0.000000188. The van der Waals surface area contributed by atoms with E-state index in [0.29, 0.717) is 0 Å². The Morgan fingerprint density at radius 2 is 0.773 bits per heavy atom. The van der Waals surface area contributed by atoms with Gasteiger partial charge in [0.25, 0.3) is 0 Å². The number of hydrogen-bond donors (Lipinski definition) is 4. The van der Waals surface area contributed by atoms with Crippen LogP contribution in [0, 0.1) is 0 Å². The summed E-state index contributed by atoms with van der Waals surface area (Å²) in [5.41, 5.74) is 2.03. The second kappa shape index (κ2) is 7.04. The summed E-state index contributed by atoms with van der Waals surface area (Å²) in [5, 5.41) is 35.5. The van der Waals surface area contributed by atoms with Gasteiger partial charge in [0.05, 0.1) is 0 Å². The highest BCUT2D eigenvalue weighted by Crippen LogP contribution is 2.23. The van der Waals surface area contributed by atoms with Gasteiger partial charge < -0.3 is 20.4 Å². The lowest BCUT2D eigenvalue weighted by atomic mass is 10.1. The average Bonchev–Trinajstić information content (AvgIpc) is 2.49. The smallest absolute Gasteiger partial charge is 0.119 e. The molecule has 0 amide bonds. The van der Waals surface area contributed by atoms with Gasteiger partial charge in [-0.25, -0.2) is 0 Å². The zero-order chi connectivity index (χ0) is 15.9. The molecule has 0 heterocycles. The number of hydrogen-bond acceptors (Lipinski definition) is 4. The molecule has 0 fully saturated rings. The van der Waals surface area contributed by atoms with Crippen molar-refractivity contribution in [2.24, 2.45) is 0 Å².